The van der Waals surface area contributed by atoms with Gasteiger partial charge in [-0.05, 0) is 138 Å². The lowest BCUT2D eigenvalue weighted by atomic mass is 10.1. The molecule has 0 atom stereocenters. The van der Waals surface area contributed by atoms with Crippen LogP contribution < -0.4 is 50.7 Å². The molecular weight excluding hydrogens is 1360 g/mol. The van der Waals surface area contributed by atoms with Gasteiger partial charge in [0.2, 0.25) is 11.8 Å². The van der Waals surface area contributed by atoms with E-state index >= 15 is 0 Å². The van der Waals surface area contributed by atoms with Crippen molar-refractivity contribution in [3.8, 4) is 40.5 Å². The van der Waals surface area contributed by atoms with Crippen LogP contribution >= 0.6 is 58.0 Å². The topological polar surface area (TPSA) is 243 Å². The highest BCUT2D eigenvalue weighted by molar-refractivity contribution is 6.32. The molecule has 0 aliphatic carbocycles. The number of hydrogen-bond donors (Lipinski definition) is 0. The van der Waals surface area contributed by atoms with Crippen LogP contribution in [0.5, 0.6) is 40.5 Å². The van der Waals surface area contributed by atoms with Crippen LogP contribution in [-0.2, 0) is 53.3 Å². The molecule has 8 rings (SSSR count). The molecule has 0 bridgehead atoms. The Balaban J connectivity index is 0.000000275. The Kier molecular flexibility index (Phi) is 31.9. The molecule has 22 nitrogen and oxygen atoms in total. The fraction of sp³-hybridized carbons (Fsp3) is 0.456. The number of pyridine rings is 3. The third-order valence-electron chi connectivity index (χ3n) is 12.8. The summed E-state index contributed by atoms with van der Waals surface area (Å²) in [7, 11) is 0. The average molecular weight is 1450 g/mol. The summed E-state index contributed by atoms with van der Waals surface area (Å²) in [6.45, 7) is 28.6. The molecule has 0 unspecified atom stereocenters. The van der Waals surface area contributed by atoms with E-state index in [1.807, 2.05) is 101 Å². The number of halogens is 7. The average Bonchev–Trinajstić information content (AvgIpc) is 0.836. The van der Waals surface area contributed by atoms with Gasteiger partial charge in [0.15, 0.2) is 54.7 Å². The minimum Gasteiger partial charge on any atom is -0.485 e. The molecule has 0 saturated heterocycles. The van der Waals surface area contributed by atoms with E-state index in [0.717, 1.165) is 42.7 Å². The standard InChI is InChI=1S/2C18H24ClN3O3.C17H20Cl2FN3O3.C14H14ClFN2O2.CH4/c1-5-8-24-11-13-6-7-14(20-9-13)12-25-15-10-21-22(18(2,3)4)17(23)16(15)19;1-5-6-9-24-15-8-7-13(10-20-15)12-25-14-11-21-22(18(2,3)4)17(23)16(14)19;1-17(2,3)23-16(24)14(19)12(9-21-23)26-10-11-5-6-13(18)22-15(11)25-8-4-7-20;1-14(2,3)18-13(19)12(15)11(8-17-18)20-10-7-5-4-6-9(10)16;/h6-7,9-10H,5,8,11-12H2,1-4H3;7-8,10-11H,5-6,9,12H2,1-4H3;5-6,9H,4,7-8,10H2,1-3H3;4-8H,1-3H3;1H4. The number of alkyl halides is 1. The number of hydrogen-bond acceptors (Lipinski definition) is 18. The normalized spacial score (nSPS) is 11.4. The Hall–Kier alpha value is -7.74. The first-order valence-electron chi connectivity index (χ1n) is 30.6. The van der Waals surface area contributed by atoms with Crippen LogP contribution in [0.15, 0.2) is 117 Å². The highest BCUT2D eigenvalue weighted by Crippen LogP contribution is 2.30. The van der Waals surface area contributed by atoms with Crippen molar-refractivity contribution >= 4 is 58.0 Å². The van der Waals surface area contributed by atoms with Gasteiger partial charge in [-0.15, -0.1) is 0 Å². The predicted molar refractivity (Wildman–Crippen MR) is 374 cm³/mol. The maximum Gasteiger partial charge on any atom is 0.289 e. The lowest BCUT2D eigenvalue weighted by Gasteiger charge is -2.21. The van der Waals surface area contributed by atoms with Crippen molar-refractivity contribution in [2.24, 2.45) is 0 Å². The summed E-state index contributed by atoms with van der Waals surface area (Å²) in [6.07, 6.45) is 12.4. The van der Waals surface area contributed by atoms with Gasteiger partial charge in [0.1, 0.15) is 25.0 Å². The molecule has 0 aliphatic heterocycles. The Morgan fingerprint density at radius 3 is 1.36 bits per heavy atom. The summed E-state index contributed by atoms with van der Waals surface area (Å²) in [6, 6.07) is 16.6. The summed E-state index contributed by atoms with van der Waals surface area (Å²) >= 11 is 30.3. The van der Waals surface area contributed by atoms with E-state index < -0.39 is 45.8 Å². The zero-order valence-corrected chi connectivity index (χ0v) is 60.1. The molecule has 97 heavy (non-hydrogen) atoms. The molecule has 29 heteroatoms. The number of ether oxygens (including phenoxy) is 7. The van der Waals surface area contributed by atoms with Crippen LogP contribution in [0.2, 0.25) is 25.2 Å². The molecule has 0 radical (unpaired) electrons. The molecule has 0 aliphatic rings. The van der Waals surface area contributed by atoms with E-state index in [-0.39, 0.29) is 111 Å². The van der Waals surface area contributed by atoms with Crippen LogP contribution in [0.1, 0.15) is 152 Å². The van der Waals surface area contributed by atoms with E-state index in [1.54, 1.807) is 42.7 Å². The second-order valence-electron chi connectivity index (χ2n) is 25.1. The Bertz CT molecular complexity index is 3930. The van der Waals surface area contributed by atoms with Crippen LogP contribution in [0.25, 0.3) is 0 Å². The molecule has 8 aromatic rings. The smallest absolute Gasteiger partial charge is 0.289 e. The van der Waals surface area contributed by atoms with Gasteiger partial charge in [-0.3, -0.25) is 28.6 Å². The van der Waals surface area contributed by atoms with E-state index in [1.165, 1.54) is 55.6 Å². The summed E-state index contributed by atoms with van der Waals surface area (Å²) in [5.41, 5.74) is -0.393. The van der Waals surface area contributed by atoms with E-state index in [4.69, 9.17) is 91.2 Å². The van der Waals surface area contributed by atoms with E-state index in [2.05, 4.69) is 49.2 Å². The fourth-order valence-electron chi connectivity index (χ4n) is 7.84. The van der Waals surface area contributed by atoms with Crippen molar-refractivity contribution in [1.29, 1.82) is 0 Å². The molecule has 0 spiro atoms. The number of benzene rings is 1. The Morgan fingerprint density at radius 1 is 0.454 bits per heavy atom. The Labute approximate surface area is 589 Å². The van der Waals surface area contributed by atoms with Crippen LogP contribution in [0.3, 0.4) is 0 Å². The third kappa shape index (κ3) is 24.9. The second-order valence-corrected chi connectivity index (χ2v) is 27.0. The fourth-order valence-corrected chi connectivity index (χ4v) is 8.69. The van der Waals surface area contributed by atoms with Gasteiger partial charge in [0.05, 0.1) is 84.7 Å². The minimum absolute atomic E-state index is 0. The third-order valence-corrected chi connectivity index (χ3v) is 14.4. The molecule has 0 fully saturated rings. The van der Waals surface area contributed by atoms with Crippen molar-refractivity contribution in [1.82, 2.24) is 54.1 Å². The molecule has 0 N–H and O–H groups in total. The first-order valence-corrected chi connectivity index (χ1v) is 32.5. The predicted octanol–water partition coefficient (Wildman–Crippen LogP) is 15.6. The maximum atomic E-state index is 13.5. The molecule has 0 amide bonds. The number of para-hydroxylation sites is 1. The SMILES string of the molecule is C.CC(C)(C)n1ncc(OCc2ccc(Cl)nc2OCCCF)c(Cl)c1=O.CC(C)(C)n1ncc(Oc2ccccc2F)c(Cl)c1=O.CCCCOc1ccc(COc2cnn(C(C)(C)C)c(=O)c2Cl)cn1.CCCOCc1ccc(COc2cnn(C(C)(C)C)c(=O)c2Cl)nc1. The van der Waals surface area contributed by atoms with Crippen molar-refractivity contribution in [2.75, 3.05) is 26.5 Å². The van der Waals surface area contributed by atoms with Gasteiger partial charge in [-0.1, -0.05) is 104 Å². The van der Waals surface area contributed by atoms with Crippen LogP contribution in [0, 0.1) is 5.82 Å². The van der Waals surface area contributed by atoms with Gasteiger partial charge in [-0.2, -0.15) is 20.4 Å². The lowest BCUT2D eigenvalue weighted by molar-refractivity contribution is 0.121. The quantitative estimate of drug-likeness (QED) is 0.0427. The molecule has 7 heterocycles. The number of unbranched alkanes of at least 4 members (excludes halogenated alkanes) is 1. The first kappa shape index (κ1) is 81.7. The highest BCUT2D eigenvalue weighted by atomic mass is 35.5. The summed E-state index contributed by atoms with van der Waals surface area (Å²) in [4.78, 5) is 61.6. The van der Waals surface area contributed by atoms with Gasteiger partial charge < -0.3 is 33.2 Å². The first-order chi connectivity index (χ1) is 45.2. The summed E-state index contributed by atoms with van der Waals surface area (Å²) in [5.74, 6) is 0.985. The van der Waals surface area contributed by atoms with Gasteiger partial charge >= 0.3 is 0 Å². The number of nitrogens with zero attached hydrogens (tertiary/aromatic N) is 11. The monoisotopic (exact) mass is 1450 g/mol. The lowest BCUT2D eigenvalue weighted by Crippen LogP contribution is -2.36. The second kappa shape index (κ2) is 37.8. The summed E-state index contributed by atoms with van der Waals surface area (Å²) in [5, 5.41) is 16.5. The maximum absolute atomic E-state index is 13.5. The van der Waals surface area contributed by atoms with E-state index in [0.29, 0.717) is 24.7 Å². The van der Waals surface area contributed by atoms with Crippen LogP contribution in [0.4, 0.5) is 8.78 Å². The zero-order chi connectivity index (χ0) is 71.1. The summed E-state index contributed by atoms with van der Waals surface area (Å²) < 4.78 is 69.5. The zero-order valence-electron chi connectivity index (χ0n) is 56.3. The van der Waals surface area contributed by atoms with Crippen molar-refractivity contribution in [2.45, 2.75) is 179 Å². The molecule has 0 saturated carbocycles. The highest BCUT2D eigenvalue weighted by Gasteiger charge is 2.25. The molecule has 528 valence electrons. The number of rotatable bonds is 23. The van der Waals surface area contributed by atoms with E-state index in [9.17, 15) is 28.0 Å². The van der Waals surface area contributed by atoms with Gasteiger partial charge in [-0.25, -0.2) is 33.1 Å². The molecule has 1 aromatic carbocycles. The largest absolute Gasteiger partial charge is 0.485 e. The van der Waals surface area contributed by atoms with Gasteiger partial charge in [0.25, 0.3) is 22.2 Å². The molecule has 7 aromatic heterocycles. The Morgan fingerprint density at radius 2 is 0.907 bits per heavy atom. The minimum atomic E-state index is -0.538. The number of aromatic nitrogens is 11. The van der Waals surface area contributed by atoms with Crippen LogP contribution in [-0.4, -0.2) is 80.6 Å². The van der Waals surface area contributed by atoms with Crippen molar-refractivity contribution in [3.05, 3.63) is 193 Å². The van der Waals surface area contributed by atoms with Crippen molar-refractivity contribution in [3.63, 3.8) is 0 Å². The van der Waals surface area contributed by atoms with Crippen molar-refractivity contribution < 1.29 is 41.9 Å². The molecular formula is C68H86Cl5F2N11O11. The van der Waals surface area contributed by atoms with Gasteiger partial charge in [0, 0.05) is 37.1 Å².